The molecule has 0 spiro atoms. The van der Waals surface area contributed by atoms with E-state index in [1.54, 1.807) is 12.4 Å². The second-order valence-corrected chi connectivity index (χ2v) is 4.66. The standard InChI is InChI=1S/C12H16N4/c1-9-4-10(9)5-14-6-11-7-15-12-8-13-2-3-16(11)12/h2-3,7-10,14H,4-6H2,1H3. The first-order valence-electron chi connectivity index (χ1n) is 5.81. The molecular formula is C12H16N4. The predicted octanol–water partition coefficient (Wildman–Crippen LogP) is 1.47. The van der Waals surface area contributed by atoms with Gasteiger partial charge in [-0.15, -0.1) is 0 Å². The van der Waals surface area contributed by atoms with Gasteiger partial charge in [0.05, 0.1) is 18.1 Å². The number of nitrogens with zero attached hydrogens (tertiary/aromatic N) is 3. The quantitative estimate of drug-likeness (QED) is 0.841. The van der Waals surface area contributed by atoms with Crippen LogP contribution in [0.2, 0.25) is 0 Å². The monoisotopic (exact) mass is 216 g/mol. The minimum Gasteiger partial charge on any atom is -0.311 e. The van der Waals surface area contributed by atoms with Crippen LogP contribution in [0, 0.1) is 11.8 Å². The highest BCUT2D eigenvalue weighted by molar-refractivity contribution is 5.36. The van der Waals surface area contributed by atoms with Gasteiger partial charge in [-0.05, 0) is 24.8 Å². The third-order valence-electron chi connectivity index (χ3n) is 3.38. The molecule has 4 nitrogen and oxygen atoms in total. The lowest BCUT2D eigenvalue weighted by Gasteiger charge is -2.03. The molecule has 16 heavy (non-hydrogen) atoms. The summed E-state index contributed by atoms with van der Waals surface area (Å²) in [7, 11) is 0. The molecule has 1 aliphatic rings. The van der Waals surface area contributed by atoms with Gasteiger partial charge in [-0.3, -0.25) is 9.38 Å². The SMILES string of the molecule is CC1CC1CNCc1cnc2cnccn12. The molecule has 1 saturated carbocycles. The van der Waals surface area contributed by atoms with Gasteiger partial charge < -0.3 is 5.32 Å². The summed E-state index contributed by atoms with van der Waals surface area (Å²) in [5.74, 6) is 1.81. The third-order valence-corrected chi connectivity index (χ3v) is 3.38. The molecule has 2 unspecified atom stereocenters. The average Bonchev–Trinajstić information content (AvgIpc) is 2.86. The summed E-state index contributed by atoms with van der Waals surface area (Å²) in [6.07, 6.45) is 8.83. The number of fused-ring (bicyclic) bond motifs is 1. The zero-order valence-corrected chi connectivity index (χ0v) is 9.43. The highest BCUT2D eigenvalue weighted by Crippen LogP contribution is 2.36. The van der Waals surface area contributed by atoms with Crippen LogP contribution in [-0.2, 0) is 6.54 Å². The van der Waals surface area contributed by atoms with Gasteiger partial charge in [0.25, 0.3) is 0 Å². The Hall–Kier alpha value is -1.42. The van der Waals surface area contributed by atoms with Crippen molar-refractivity contribution in [1.29, 1.82) is 0 Å². The lowest BCUT2D eigenvalue weighted by molar-refractivity contribution is 0.603. The second-order valence-electron chi connectivity index (χ2n) is 4.66. The molecule has 2 atom stereocenters. The largest absolute Gasteiger partial charge is 0.311 e. The highest BCUT2D eigenvalue weighted by Gasteiger charge is 2.31. The molecule has 1 fully saturated rings. The van der Waals surface area contributed by atoms with E-state index in [0.29, 0.717) is 0 Å². The number of hydrogen-bond donors (Lipinski definition) is 1. The van der Waals surface area contributed by atoms with Crippen molar-refractivity contribution < 1.29 is 0 Å². The Morgan fingerprint density at radius 2 is 2.38 bits per heavy atom. The first-order valence-corrected chi connectivity index (χ1v) is 5.81. The third kappa shape index (κ3) is 1.80. The van der Waals surface area contributed by atoms with E-state index in [1.165, 1.54) is 12.1 Å². The van der Waals surface area contributed by atoms with Gasteiger partial charge in [-0.25, -0.2) is 4.98 Å². The van der Waals surface area contributed by atoms with Gasteiger partial charge >= 0.3 is 0 Å². The van der Waals surface area contributed by atoms with Crippen LogP contribution in [0.4, 0.5) is 0 Å². The van der Waals surface area contributed by atoms with Gasteiger partial charge in [-0.1, -0.05) is 6.92 Å². The molecule has 2 aromatic rings. The number of rotatable bonds is 4. The van der Waals surface area contributed by atoms with Crippen LogP contribution in [0.15, 0.2) is 24.8 Å². The Kier molecular flexibility index (Phi) is 2.36. The average molecular weight is 216 g/mol. The lowest BCUT2D eigenvalue weighted by Crippen LogP contribution is -2.17. The topological polar surface area (TPSA) is 42.2 Å². The summed E-state index contributed by atoms with van der Waals surface area (Å²) in [6.45, 7) is 4.32. The van der Waals surface area contributed by atoms with Crippen LogP contribution < -0.4 is 5.32 Å². The minimum atomic E-state index is 0.883. The number of imidazole rings is 1. The Morgan fingerprint density at radius 1 is 1.50 bits per heavy atom. The Morgan fingerprint density at radius 3 is 3.19 bits per heavy atom. The first-order chi connectivity index (χ1) is 7.84. The van der Waals surface area contributed by atoms with Crippen molar-refractivity contribution in [3.8, 4) is 0 Å². The minimum absolute atomic E-state index is 0.883. The van der Waals surface area contributed by atoms with Crippen molar-refractivity contribution in [2.75, 3.05) is 6.54 Å². The van der Waals surface area contributed by atoms with Crippen LogP contribution in [0.1, 0.15) is 19.0 Å². The van der Waals surface area contributed by atoms with Crippen LogP contribution in [0.3, 0.4) is 0 Å². The molecule has 2 aromatic heterocycles. The molecule has 0 aliphatic heterocycles. The number of aromatic nitrogens is 3. The molecule has 0 aromatic carbocycles. The summed E-state index contributed by atoms with van der Waals surface area (Å²) in [4.78, 5) is 8.36. The molecule has 2 heterocycles. The van der Waals surface area contributed by atoms with Gasteiger partial charge in [0.2, 0.25) is 0 Å². The van der Waals surface area contributed by atoms with E-state index < -0.39 is 0 Å². The fraction of sp³-hybridized carbons (Fsp3) is 0.500. The van der Waals surface area contributed by atoms with Gasteiger partial charge in [0.1, 0.15) is 0 Å². The highest BCUT2D eigenvalue weighted by atomic mass is 15.0. The van der Waals surface area contributed by atoms with Crippen LogP contribution in [0.25, 0.3) is 5.65 Å². The summed E-state index contributed by atoms with van der Waals surface area (Å²) in [5, 5.41) is 3.49. The lowest BCUT2D eigenvalue weighted by atomic mass is 10.3. The first kappa shape index (κ1) is 9.78. The van der Waals surface area contributed by atoms with Gasteiger partial charge in [-0.2, -0.15) is 0 Å². The van der Waals surface area contributed by atoms with Crippen molar-refractivity contribution in [3.05, 3.63) is 30.5 Å². The zero-order valence-electron chi connectivity index (χ0n) is 9.43. The van der Waals surface area contributed by atoms with E-state index in [9.17, 15) is 0 Å². The molecular weight excluding hydrogens is 200 g/mol. The normalized spacial score (nSPS) is 23.8. The summed E-state index contributed by atoms with van der Waals surface area (Å²) in [5.41, 5.74) is 2.12. The van der Waals surface area contributed by atoms with Crippen molar-refractivity contribution in [3.63, 3.8) is 0 Å². The molecule has 1 aliphatic carbocycles. The van der Waals surface area contributed by atoms with E-state index >= 15 is 0 Å². The van der Waals surface area contributed by atoms with Gasteiger partial charge in [0, 0.05) is 18.9 Å². The van der Waals surface area contributed by atoms with Gasteiger partial charge in [0.15, 0.2) is 5.65 Å². The second kappa shape index (κ2) is 3.87. The maximum absolute atomic E-state index is 4.31. The van der Waals surface area contributed by atoms with E-state index in [1.807, 2.05) is 12.4 Å². The molecule has 0 saturated heterocycles. The Balaban J connectivity index is 1.65. The van der Waals surface area contributed by atoms with E-state index in [0.717, 1.165) is 30.6 Å². The van der Waals surface area contributed by atoms with Crippen molar-refractivity contribution in [2.45, 2.75) is 19.9 Å². The molecule has 3 rings (SSSR count). The Labute approximate surface area is 94.7 Å². The fourth-order valence-corrected chi connectivity index (χ4v) is 2.09. The number of hydrogen-bond acceptors (Lipinski definition) is 3. The maximum Gasteiger partial charge on any atom is 0.155 e. The molecule has 4 heteroatoms. The maximum atomic E-state index is 4.31. The fourth-order valence-electron chi connectivity index (χ4n) is 2.09. The summed E-state index contributed by atoms with van der Waals surface area (Å²) >= 11 is 0. The van der Waals surface area contributed by atoms with E-state index in [2.05, 4.69) is 26.6 Å². The number of nitrogens with one attached hydrogen (secondary N) is 1. The molecule has 0 bridgehead atoms. The van der Waals surface area contributed by atoms with Crippen molar-refractivity contribution >= 4 is 5.65 Å². The zero-order chi connectivity index (χ0) is 11.0. The molecule has 0 radical (unpaired) electrons. The van der Waals surface area contributed by atoms with E-state index in [4.69, 9.17) is 0 Å². The van der Waals surface area contributed by atoms with Crippen molar-refractivity contribution in [1.82, 2.24) is 19.7 Å². The Bertz CT molecular complexity index is 490. The smallest absolute Gasteiger partial charge is 0.155 e. The van der Waals surface area contributed by atoms with E-state index in [-0.39, 0.29) is 0 Å². The van der Waals surface area contributed by atoms with Crippen LogP contribution in [0.5, 0.6) is 0 Å². The molecule has 0 amide bonds. The van der Waals surface area contributed by atoms with Crippen LogP contribution >= 0.6 is 0 Å². The molecule has 1 N–H and O–H groups in total. The van der Waals surface area contributed by atoms with Crippen LogP contribution in [-0.4, -0.2) is 20.9 Å². The predicted molar refractivity (Wildman–Crippen MR) is 62.0 cm³/mol. The summed E-state index contributed by atoms with van der Waals surface area (Å²) in [6, 6.07) is 0. The summed E-state index contributed by atoms with van der Waals surface area (Å²) < 4.78 is 2.08. The van der Waals surface area contributed by atoms with Crippen molar-refractivity contribution in [2.24, 2.45) is 11.8 Å². The molecule has 84 valence electrons.